The number of hydrogen-bond donors (Lipinski definition) is 1. The summed E-state index contributed by atoms with van der Waals surface area (Å²) in [6.45, 7) is 2.80. The van der Waals surface area contributed by atoms with E-state index in [0.29, 0.717) is 5.56 Å². The molecule has 0 radical (unpaired) electrons. The van der Waals surface area contributed by atoms with E-state index in [2.05, 4.69) is 22.3 Å². The molecule has 5 rings (SSSR count). The average molecular weight is 512 g/mol. The van der Waals surface area contributed by atoms with E-state index >= 15 is 0 Å². The van der Waals surface area contributed by atoms with Crippen molar-refractivity contribution in [3.05, 3.63) is 83.4 Å². The highest BCUT2D eigenvalue weighted by atomic mass is 35.5. The summed E-state index contributed by atoms with van der Waals surface area (Å²) in [6, 6.07) is 19.8. The van der Waals surface area contributed by atoms with Crippen molar-refractivity contribution in [1.29, 1.82) is 0 Å². The normalized spacial score (nSPS) is 16.9. The molecule has 3 aromatic carbocycles. The largest absolute Gasteiger partial charge is 0.352 e. The number of rotatable bonds is 5. The molecular weight excluding hydrogens is 484 g/mol. The topological polar surface area (TPSA) is 52.7 Å². The molecule has 0 unspecified atom stereocenters. The Morgan fingerprint density at radius 3 is 2.42 bits per heavy atom. The van der Waals surface area contributed by atoms with E-state index in [4.69, 9.17) is 0 Å². The number of likely N-dealkylation sites (N-methyl/N-ethyl adjacent to an activating group) is 1. The van der Waals surface area contributed by atoms with Gasteiger partial charge < -0.3 is 10.2 Å². The predicted molar refractivity (Wildman–Crippen MR) is 140 cm³/mol. The Hall–Kier alpha value is -3.29. The Balaban J connectivity index is 0.00000304. The fraction of sp³-hybridized carbons (Fsp3) is 0.286. The minimum Gasteiger partial charge on any atom is -0.322 e. The van der Waals surface area contributed by atoms with Crippen molar-refractivity contribution in [2.75, 3.05) is 30.4 Å². The van der Waals surface area contributed by atoms with Gasteiger partial charge in [0.2, 0.25) is 0 Å². The Morgan fingerprint density at radius 1 is 0.972 bits per heavy atom. The Kier molecular flexibility index (Phi) is 7.43. The molecular formula is C28H28ClF2N3O2. The van der Waals surface area contributed by atoms with Crippen molar-refractivity contribution in [2.24, 2.45) is 0 Å². The number of carbonyl (C=O) groups is 2. The fourth-order valence-electron chi connectivity index (χ4n) is 4.92. The Morgan fingerprint density at radius 2 is 1.69 bits per heavy atom. The first kappa shape index (κ1) is 25.8. The number of anilines is 2. The molecule has 188 valence electrons. The lowest BCUT2D eigenvalue weighted by molar-refractivity contribution is -0.141. The Labute approximate surface area is 215 Å². The van der Waals surface area contributed by atoms with Gasteiger partial charge >= 0.3 is 11.8 Å². The number of piperidine rings is 1. The molecule has 0 spiro atoms. The summed E-state index contributed by atoms with van der Waals surface area (Å²) >= 11 is 0. The second-order valence-electron chi connectivity index (χ2n) is 9.20. The molecule has 8 heteroatoms. The van der Waals surface area contributed by atoms with Crippen LogP contribution in [0.1, 0.15) is 40.7 Å². The molecule has 0 aliphatic carbocycles. The summed E-state index contributed by atoms with van der Waals surface area (Å²) in [5.74, 6) is -5.26. The fourth-order valence-corrected chi connectivity index (χ4v) is 4.92. The smallest absolute Gasteiger partial charge is 0.322 e. The summed E-state index contributed by atoms with van der Waals surface area (Å²) in [5.41, 5.74) is 3.64. The molecule has 0 saturated carbocycles. The number of amides is 2. The third-order valence-electron chi connectivity index (χ3n) is 6.82. The third-order valence-corrected chi connectivity index (χ3v) is 6.82. The standard InChI is InChI=1S/C28H27F2N3O2.ClH/c1-32-25-13-11-22(17-24(25)28(29,30)27(32)35)31-26(34)20-10-12-23(19-8-4-2-5-9-19)21(16-20)18-33-14-6-3-7-15-33;/h2,4-5,8-13,16-17H,3,6-7,14-15,18H2,1H3,(H,31,34);1H. The summed E-state index contributed by atoms with van der Waals surface area (Å²) in [7, 11) is 1.32. The molecule has 2 aliphatic rings. The molecule has 2 aliphatic heterocycles. The van der Waals surface area contributed by atoms with Crippen LogP contribution in [0.4, 0.5) is 20.2 Å². The van der Waals surface area contributed by atoms with E-state index in [9.17, 15) is 18.4 Å². The zero-order valence-corrected chi connectivity index (χ0v) is 20.8. The molecule has 36 heavy (non-hydrogen) atoms. The molecule has 1 saturated heterocycles. The quantitative estimate of drug-likeness (QED) is 0.451. The van der Waals surface area contributed by atoms with Crippen molar-refractivity contribution >= 4 is 35.6 Å². The van der Waals surface area contributed by atoms with Crippen LogP contribution in [0.5, 0.6) is 0 Å². The maximum absolute atomic E-state index is 14.4. The van der Waals surface area contributed by atoms with Crippen molar-refractivity contribution in [3.63, 3.8) is 0 Å². The highest BCUT2D eigenvalue weighted by Gasteiger charge is 2.51. The van der Waals surface area contributed by atoms with E-state index in [-0.39, 0.29) is 29.7 Å². The molecule has 0 aromatic heterocycles. The van der Waals surface area contributed by atoms with Gasteiger partial charge in [0.1, 0.15) is 0 Å². The van der Waals surface area contributed by atoms with Crippen molar-refractivity contribution in [3.8, 4) is 11.1 Å². The number of halogens is 3. The molecule has 1 N–H and O–H groups in total. The van der Waals surface area contributed by atoms with E-state index < -0.39 is 17.4 Å². The summed E-state index contributed by atoms with van der Waals surface area (Å²) in [4.78, 5) is 28.3. The van der Waals surface area contributed by atoms with Gasteiger partial charge in [-0.3, -0.25) is 14.5 Å². The van der Waals surface area contributed by atoms with Crippen LogP contribution in [-0.4, -0.2) is 36.9 Å². The highest BCUT2D eigenvalue weighted by Crippen LogP contribution is 2.44. The van der Waals surface area contributed by atoms with Gasteiger partial charge in [0.25, 0.3) is 5.91 Å². The lowest BCUT2D eigenvalue weighted by Gasteiger charge is -2.27. The highest BCUT2D eigenvalue weighted by molar-refractivity contribution is 6.08. The number of nitrogens with one attached hydrogen (secondary N) is 1. The van der Waals surface area contributed by atoms with Gasteiger partial charge in [0.05, 0.1) is 11.3 Å². The number of hydrogen-bond acceptors (Lipinski definition) is 3. The molecule has 1 fully saturated rings. The van der Waals surface area contributed by atoms with Gasteiger partial charge in [-0.2, -0.15) is 8.78 Å². The molecule has 0 atom stereocenters. The molecule has 5 nitrogen and oxygen atoms in total. The maximum Gasteiger partial charge on any atom is 0.352 e. The lowest BCUT2D eigenvalue weighted by Crippen LogP contribution is -2.31. The van der Waals surface area contributed by atoms with Gasteiger partial charge in [0.15, 0.2) is 0 Å². The van der Waals surface area contributed by atoms with Gasteiger partial charge in [-0.15, -0.1) is 12.4 Å². The number of alkyl halides is 2. The molecule has 0 bridgehead atoms. The summed E-state index contributed by atoms with van der Waals surface area (Å²) in [5, 5.41) is 2.73. The van der Waals surface area contributed by atoms with Gasteiger partial charge in [0, 0.05) is 24.8 Å². The summed E-state index contributed by atoms with van der Waals surface area (Å²) < 4.78 is 28.8. The molecule has 3 aromatic rings. The zero-order chi connectivity index (χ0) is 24.6. The molecule has 2 amide bonds. The van der Waals surface area contributed by atoms with Crippen LogP contribution in [0, 0.1) is 0 Å². The van der Waals surface area contributed by atoms with E-state index in [0.717, 1.165) is 41.2 Å². The van der Waals surface area contributed by atoms with Crippen LogP contribution in [0.3, 0.4) is 0 Å². The van der Waals surface area contributed by atoms with Gasteiger partial charge in [-0.05, 0) is 73.0 Å². The van der Waals surface area contributed by atoms with E-state index in [1.54, 1.807) is 6.07 Å². The van der Waals surface area contributed by atoms with Crippen molar-refractivity contribution in [2.45, 2.75) is 31.7 Å². The third kappa shape index (κ3) is 4.86. The Bertz CT molecular complexity index is 1280. The number of carbonyl (C=O) groups excluding carboxylic acids is 2. The van der Waals surface area contributed by atoms with Crippen LogP contribution in [0.15, 0.2) is 66.7 Å². The predicted octanol–water partition coefficient (Wildman–Crippen LogP) is 6.08. The van der Waals surface area contributed by atoms with E-state index in [1.165, 1.54) is 44.5 Å². The number of nitrogens with zero attached hydrogens (tertiary/aromatic N) is 2. The minimum absolute atomic E-state index is 0. The van der Waals surface area contributed by atoms with Crippen molar-refractivity contribution in [1.82, 2.24) is 4.90 Å². The van der Waals surface area contributed by atoms with Crippen LogP contribution in [0.2, 0.25) is 0 Å². The van der Waals surface area contributed by atoms with Crippen LogP contribution < -0.4 is 10.2 Å². The second kappa shape index (κ2) is 10.4. The first-order valence-corrected chi connectivity index (χ1v) is 11.9. The maximum atomic E-state index is 14.4. The first-order valence-electron chi connectivity index (χ1n) is 11.9. The van der Waals surface area contributed by atoms with Gasteiger partial charge in [-0.25, -0.2) is 0 Å². The lowest BCUT2D eigenvalue weighted by atomic mass is 9.96. The van der Waals surface area contributed by atoms with Crippen LogP contribution >= 0.6 is 12.4 Å². The second-order valence-corrected chi connectivity index (χ2v) is 9.20. The van der Waals surface area contributed by atoms with E-state index in [1.807, 2.05) is 30.3 Å². The zero-order valence-electron chi connectivity index (χ0n) is 20.0. The minimum atomic E-state index is -3.61. The number of likely N-dealkylation sites (tertiary alicyclic amines) is 1. The first-order chi connectivity index (χ1) is 16.8. The SMILES string of the molecule is CN1C(=O)C(F)(F)c2cc(NC(=O)c3ccc(-c4ccccc4)c(CN4CCCCC4)c3)ccc21.Cl. The number of fused-ring (bicyclic) bond motifs is 1. The van der Waals surface area contributed by atoms with Crippen LogP contribution in [-0.2, 0) is 17.3 Å². The average Bonchev–Trinajstić information content (AvgIpc) is 3.05. The van der Waals surface area contributed by atoms with Crippen LogP contribution in [0.25, 0.3) is 11.1 Å². The monoisotopic (exact) mass is 511 g/mol. The molecule has 2 heterocycles. The van der Waals surface area contributed by atoms with Crippen molar-refractivity contribution < 1.29 is 18.4 Å². The summed E-state index contributed by atoms with van der Waals surface area (Å²) in [6.07, 6.45) is 3.58. The van der Waals surface area contributed by atoms with Gasteiger partial charge in [-0.1, -0.05) is 42.8 Å². The number of benzene rings is 3.